The van der Waals surface area contributed by atoms with Gasteiger partial charge < -0.3 is 4.74 Å². The molecule has 0 unspecified atom stereocenters. The Morgan fingerprint density at radius 3 is 2.48 bits per heavy atom. The van der Waals surface area contributed by atoms with Gasteiger partial charge in [-0.15, -0.1) is 0 Å². The number of carbonyl (C=O) groups excluding carboxylic acids is 1. The molecule has 1 N–H and O–H groups in total. The zero-order valence-electron chi connectivity index (χ0n) is 13.8. The van der Waals surface area contributed by atoms with E-state index in [1.165, 1.54) is 23.9 Å². The molecule has 0 aliphatic rings. The lowest BCUT2D eigenvalue weighted by Gasteiger charge is -2.06. The van der Waals surface area contributed by atoms with E-state index in [-0.39, 0.29) is 12.3 Å². The summed E-state index contributed by atoms with van der Waals surface area (Å²) in [6.45, 7) is 1.97. The van der Waals surface area contributed by atoms with E-state index in [0.29, 0.717) is 11.3 Å². The zero-order chi connectivity index (χ0) is 18.1. The molecule has 2 aromatic carbocycles. The van der Waals surface area contributed by atoms with Crippen LogP contribution in [0.3, 0.4) is 0 Å². The molecule has 130 valence electrons. The van der Waals surface area contributed by atoms with Crippen LogP contribution in [0.2, 0.25) is 0 Å². The first-order valence-electron chi connectivity index (χ1n) is 7.86. The fourth-order valence-electron chi connectivity index (χ4n) is 2.08. The van der Waals surface area contributed by atoms with Crippen LogP contribution in [0.25, 0.3) is 0 Å². The summed E-state index contributed by atoms with van der Waals surface area (Å²) < 4.78 is 5.38. The average Bonchev–Trinajstić information content (AvgIpc) is 2.62. The Bertz CT molecular complexity index is 740. The van der Waals surface area contributed by atoms with Crippen molar-refractivity contribution in [3.05, 3.63) is 69.8 Å². The standard InChI is InChI=1S/C18H19N3O4/c1-2-3-14-6-10-17(11-7-14)25-13-18(22)20-19-12-15-4-8-16(9-5-15)21(23)24/h4-12H,2-3,13H2,1H3,(H,20,22)/b19-12-. The fourth-order valence-corrected chi connectivity index (χ4v) is 2.08. The number of aryl methyl sites for hydroxylation is 1. The SMILES string of the molecule is CCCc1ccc(OCC(=O)N/N=C\c2ccc([N+](=O)[O-])cc2)cc1. The molecule has 0 aliphatic heterocycles. The van der Waals surface area contributed by atoms with Gasteiger partial charge >= 0.3 is 0 Å². The summed E-state index contributed by atoms with van der Waals surface area (Å²) in [6.07, 6.45) is 3.49. The molecule has 0 saturated carbocycles. The lowest BCUT2D eigenvalue weighted by Crippen LogP contribution is -2.24. The summed E-state index contributed by atoms with van der Waals surface area (Å²) in [7, 11) is 0. The van der Waals surface area contributed by atoms with Gasteiger partial charge in [0.25, 0.3) is 11.6 Å². The van der Waals surface area contributed by atoms with Gasteiger partial charge in [0, 0.05) is 12.1 Å². The maximum atomic E-state index is 11.7. The fraction of sp³-hybridized carbons (Fsp3) is 0.222. The van der Waals surface area contributed by atoms with Crippen molar-refractivity contribution >= 4 is 17.8 Å². The van der Waals surface area contributed by atoms with E-state index in [1.54, 1.807) is 12.1 Å². The van der Waals surface area contributed by atoms with Crippen molar-refractivity contribution in [3.63, 3.8) is 0 Å². The molecular formula is C18H19N3O4. The van der Waals surface area contributed by atoms with E-state index in [2.05, 4.69) is 17.5 Å². The third kappa shape index (κ3) is 6.06. The number of hydrogen-bond acceptors (Lipinski definition) is 5. The van der Waals surface area contributed by atoms with Crippen LogP contribution in [-0.2, 0) is 11.2 Å². The highest BCUT2D eigenvalue weighted by molar-refractivity contribution is 5.83. The van der Waals surface area contributed by atoms with Crippen molar-refractivity contribution in [2.24, 2.45) is 5.10 Å². The zero-order valence-corrected chi connectivity index (χ0v) is 13.8. The molecule has 1 amide bonds. The number of carbonyl (C=O) groups is 1. The maximum absolute atomic E-state index is 11.7. The van der Waals surface area contributed by atoms with Crippen molar-refractivity contribution in [2.45, 2.75) is 19.8 Å². The molecule has 0 heterocycles. The van der Waals surface area contributed by atoms with Gasteiger partial charge in [-0.25, -0.2) is 5.43 Å². The van der Waals surface area contributed by atoms with Gasteiger partial charge in [0.2, 0.25) is 0 Å². The molecule has 0 radical (unpaired) electrons. The van der Waals surface area contributed by atoms with Gasteiger partial charge in [-0.1, -0.05) is 25.5 Å². The van der Waals surface area contributed by atoms with Crippen LogP contribution in [0, 0.1) is 10.1 Å². The summed E-state index contributed by atoms with van der Waals surface area (Å²) in [5.74, 6) is 0.227. The Morgan fingerprint density at radius 2 is 1.88 bits per heavy atom. The number of nitro groups is 1. The van der Waals surface area contributed by atoms with Crippen molar-refractivity contribution in [1.82, 2.24) is 5.43 Å². The maximum Gasteiger partial charge on any atom is 0.277 e. The van der Waals surface area contributed by atoms with E-state index in [1.807, 2.05) is 24.3 Å². The van der Waals surface area contributed by atoms with Crippen LogP contribution in [0.1, 0.15) is 24.5 Å². The Hall–Kier alpha value is -3.22. The van der Waals surface area contributed by atoms with E-state index < -0.39 is 10.8 Å². The minimum absolute atomic E-state index is 0.000425. The summed E-state index contributed by atoms with van der Waals surface area (Å²) in [6, 6.07) is 13.4. The number of benzene rings is 2. The third-order valence-electron chi connectivity index (χ3n) is 3.34. The van der Waals surface area contributed by atoms with E-state index in [9.17, 15) is 14.9 Å². The van der Waals surface area contributed by atoms with Crippen LogP contribution in [-0.4, -0.2) is 23.7 Å². The summed E-state index contributed by atoms with van der Waals surface area (Å²) in [5.41, 5.74) is 4.21. The quantitative estimate of drug-likeness (QED) is 0.453. The lowest BCUT2D eigenvalue weighted by atomic mass is 10.1. The van der Waals surface area contributed by atoms with E-state index >= 15 is 0 Å². The Kier molecular flexibility index (Phi) is 6.65. The molecule has 0 aliphatic carbocycles. The molecule has 7 heteroatoms. The van der Waals surface area contributed by atoms with Crippen LogP contribution >= 0.6 is 0 Å². The second kappa shape index (κ2) is 9.17. The van der Waals surface area contributed by atoms with Gasteiger partial charge in [0.1, 0.15) is 5.75 Å². The van der Waals surface area contributed by atoms with Gasteiger partial charge in [-0.05, 0) is 41.8 Å². The number of hydrazone groups is 1. The van der Waals surface area contributed by atoms with Gasteiger partial charge in [0.05, 0.1) is 11.1 Å². The third-order valence-corrected chi connectivity index (χ3v) is 3.34. The molecule has 2 aromatic rings. The number of rotatable bonds is 8. The topological polar surface area (TPSA) is 93.8 Å². The van der Waals surface area contributed by atoms with Gasteiger partial charge in [-0.2, -0.15) is 5.10 Å². The van der Waals surface area contributed by atoms with Crippen molar-refractivity contribution in [1.29, 1.82) is 0 Å². The van der Waals surface area contributed by atoms with Crippen LogP contribution < -0.4 is 10.2 Å². The largest absolute Gasteiger partial charge is 0.484 e. The van der Waals surface area contributed by atoms with Crippen LogP contribution in [0.15, 0.2) is 53.6 Å². The minimum atomic E-state index is -0.477. The van der Waals surface area contributed by atoms with Crippen molar-refractivity contribution in [3.8, 4) is 5.75 Å². The monoisotopic (exact) mass is 341 g/mol. The molecule has 0 spiro atoms. The van der Waals surface area contributed by atoms with Crippen molar-refractivity contribution in [2.75, 3.05) is 6.61 Å². The number of ether oxygens (including phenoxy) is 1. The smallest absolute Gasteiger partial charge is 0.277 e. The van der Waals surface area contributed by atoms with Crippen LogP contribution in [0.4, 0.5) is 5.69 Å². The second-order valence-corrected chi connectivity index (χ2v) is 5.32. The predicted molar refractivity (Wildman–Crippen MR) is 94.8 cm³/mol. The molecule has 2 rings (SSSR count). The number of non-ortho nitro benzene ring substituents is 1. The summed E-state index contributed by atoms with van der Waals surface area (Å²) in [4.78, 5) is 21.8. The molecule has 0 atom stereocenters. The molecule has 0 saturated heterocycles. The highest BCUT2D eigenvalue weighted by Gasteiger charge is 2.03. The number of hydrogen-bond donors (Lipinski definition) is 1. The highest BCUT2D eigenvalue weighted by atomic mass is 16.6. The second-order valence-electron chi connectivity index (χ2n) is 5.32. The number of nitrogens with one attached hydrogen (secondary N) is 1. The first-order valence-corrected chi connectivity index (χ1v) is 7.86. The average molecular weight is 341 g/mol. The molecule has 0 bridgehead atoms. The number of nitro benzene ring substituents is 1. The molecule has 25 heavy (non-hydrogen) atoms. The van der Waals surface area contributed by atoms with Gasteiger partial charge in [0.15, 0.2) is 6.61 Å². The number of amides is 1. The Labute approximate surface area is 145 Å². The Morgan fingerprint density at radius 1 is 1.20 bits per heavy atom. The van der Waals surface area contributed by atoms with E-state index in [0.717, 1.165) is 12.8 Å². The van der Waals surface area contributed by atoms with Gasteiger partial charge in [-0.3, -0.25) is 14.9 Å². The predicted octanol–water partition coefficient (Wildman–Crippen LogP) is 3.08. The van der Waals surface area contributed by atoms with Crippen molar-refractivity contribution < 1.29 is 14.5 Å². The van der Waals surface area contributed by atoms with E-state index in [4.69, 9.17) is 4.74 Å². The molecule has 0 fully saturated rings. The first-order chi connectivity index (χ1) is 12.1. The lowest BCUT2D eigenvalue weighted by molar-refractivity contribution is -0.384. The molecular weight excluding hydrogens is 322 g/mol. The summed E-state index contributed by atoms with van der Waals surface area (Å²) in [5, 5.41) is 14.3. The molecule has 0 aromatic heterocycles. The first kappa shape index (κ1) is 18.1. The summed E-state index contributed by atoms with van der Waals surface area (Å²) >= 11 is 0. The highest BCUT2D eigenvalue weighted by Crippen LogP contribution is 2.13. The molecule has 7 nitrogen and oxygen atoms in total. The Balaban J connectivity index is 1.77. The minimum Gasteiger partial charge on any atom is -0.484 e. The normalized spacial score (nSPS) is 10.6. The number of nitrogens with zero attached hydrogens (tertiary/aromatic N) is 2. The van der Waals surface area contributed by atoms with Crippen LogP contribution in [0.5, 0.6) is 5.75 Å².